The van der Waals surface area contributed by atoms with Crippen molar-refractivity contribution in [2.24, 2.45) is 5.92 Å². The van der Waals surface area contributed by atoms with Gasteiger partial charge in [-0.2, -0.15) is 0 Å². The van der Waals surface area contributed by atoms with Crippen LogP contribution in [-0.4, -0.2) is 19.3 Å². The molecule has 0 saturated heterocycles. The van der Waals surface area contributed by atoms with Crippen LogP contribution in [0, 0.1) is 5.92 Å². The molecule has 1 aromatic rings. The maximum absolute atomic E-state index is 6.35. The van der Waals surface area contributed by atoms with Gasteiger partial charge >= 0.3 is 0 Å². The molecule has 0 heterocycles. The van der Waals surface area contributed by atoms with Gasteiger partial charge in [0.2, 0.25) is 0 Å². The number of ether oxygens (including phenoxy) is 2. The first-order valence-electron chi connectivity index (χ1n) is 8.36. The van der Waals surface area contributed by atoms with E-state index in [4.69, 9.17) is 9.47 Å². The average Bonchev–Trinajstić information content (AvgIpc) is 2.50. The van der Waals surface area contributed by atoms with E-state index in [1.54, 1.807) is 0 Å². The SMILES string of the molecule is CCNCc1cccc(OCC)c1OC1CCC(C)CC1. The van der Waals surface area contributed by atoms with Gasteiger partial charge < -0.3 is 14.8 Å². The maximum Gasteiger partial charge on any atom is 0.166 e. The second-order valence-corrected chi connectivity index (χ2v) is 5.96. The van der Waals surface area contributed by atoms with Crippen molar-refractivity contribution >= 4 is 0 Å². The van der Waals surface area contributed by atoms with Gasteiger partial charge in [-0.3, -0.25) is 0 Å². The van der Waals surface area contributed by atoms with Crippen LogP contribution in [0.2, 0.25) is 0 Å². The van der Waals surface area contributed by atoms with Gasteiger partial charge in [-0.05, 0) is 51.1 Å². The van der Waals surface area contributed by atoms with Gasteiger partial charge in [-0.25, -0.2) is 0 Å². The number of hydrogen-bond donors (Lipinski definition) is 1. The van der Waals surface area contributed by atoms with Crippen molar-refractivity contribution in [3.8, 4) is 11.5 Å². The molecule has 0 spiro atoms. The first-order valence-corrected chi connectivity index (χ1v) is 8.36. The van der Waals surface area contributed by atoms with E-state index in [2.05, 4.69) is 25.2 Å². The molecule has 0 atom stereocenters. The standard InChI is InChI=1S/C18H29NO2/c1-4-19-13-15-7-6-8-17(20-5-2)18(15)21-16-11-9-14(3)10-12-16/h6-8,14,16,19H,4-5,9-13H2,1-3H3. The number of para-hydroxylation sites is 1. The van der Waals surface area contributed by atoms with Crippen LogP contribution in [0.25, 0.3) is 0 Å². The molecule has 0 aromatic heterocycles. The molecular formula is C18H29NO2. The molecule has 3 heteroatoms. The lowest BCUT2D eigenvalue weighted by atomic mass is 9.89. The Morgan fingerprint density at radius 1 is 1.14 bits per heavy atom. The Labute approximate surface area is 129 Å². The van der Waals surface area contributed by atoms with E-state index < -0.39 is 0 Å². The monoisotopic (exact) mass is 291 g/mol. The first kappa shape index (κ1) is 16.2. The van der Waals surface area contributed by atoms with E-state index in [0.29, 0.717) is 12.7 Å². The van der Waals surface area contributed by atoms with E-state index >= 15 is 0 Å². The van der Waals surface area contributed by atoms with Crippen molar-refractivity contribution in [2.45, 2.75) is 59.1 Å². The molecule has 1 saturated carbocycles. The fourth-order valence-corrected chi connectivity index (χ4v) is 2.88. The van der Waals surface area contributed by atoms with Crippen LogP contribution < -0.4 is 14.8 Å². The Morgan fingerprint density at radius 3 is 2.57 bits per heavy atom. The van der Waals surface area contributed by atoms with Gasteiger partial charge in [-0.1, -0.05) is 26.0 Å². The molecule has 21 heavy (non-hydrogen) atoms. The van der Waals surface area contributed by atoms with Crippen molar-refractivity contribution < 1.29 is 9.47 Å². The summed E-state index contributed by atoms with van der Waals surface area (Å²) in [7, 11) is 0. The van der Waals surface area contributed by atoms with Gasteiger partial charge in [0.25, 0.3) is 0 Å². The van der Waals surface area contributed by atoms with E-state index in [9.17, 15) is 0 Å². The van der Waals surface area contributed by atoms with Gasteiger partial charge in [-0.15, -0.1) is 0 Å². The van der Waals surface area contributed by atoms with Crippen LogP contribution in [0.3, 0.4) is 0 Å². The summed E-state index contributed by atoms with van der Waals surface area (Å²) in [6.07, 6.45) is 5.18. The fraction of sp³-hybridized carbons (Fsp3) is 0.667. The Hall–Kier alpha value is -1.22. The molecule has 0 aliphatic heterocycles. The van der Waals surface area contributed by atoms with E-state index in [1.807, 2.05) is 19.1 Å². The Morgan fingerprint density at radius 2 is 1.90 bits per heavy atom. The zero-order chi connectivity index (χ0) is 15.1. The normalized spacial score (nSPS) is 22.0. The maximum atomic E-state index is 6.35. The highest BCUT2D eigenvalue weighted by Crippen LogP contribution is 2.35. The van der Waals surface area contributed by atoms with Crippen molar-refractivity contribution in [1.29, 1.82) is 0 Å². The van der Waals surface area contributed by atoms with E-state index in [-0.39, 0.29) is 0 Å². The van der Waals surface area contributed by atoms with E-state index in [1.165, 1.54) is 18.4 Å². The molecule has 1 N–H and O–H groups in total. The third-order valence-electron chi connectivity index (χ3n) is 4.17. The molecule has 0 amide bonds. The third kappa shape index (κ3) is 4.63. The number of hydrogen-bond acceptors (Lipinski definition) is 3. The highest BCUT2D eigenvalue weighted by molar-refractivity contribution is 5.46. The summed E-state index contributed by atoms with van der Waals surface area (Å²) in [4.78, 5) is 0. The molecule has 1 aromatic carbocycles. The average molecular weight is 291 g/mol. The largest absolute Gasteiger partial charge is 0.490 e. The number of benzene rings is 1. The minimum Gasteiger partial charge on any atom is -0.490 e. The first-order chi connectivity index (χ1) is 10.2. The molecule has 0 radical (unpaired) electrons. The minimum atomic E-state index is 0.336. The fourth-order valence-electron chi connectivity index (χ4n) is 2.88. The topological polar surface area (TPSA) is 30.5 Å². The third-order valence-corrected chi connectivity index (χ3v) is 4.17. The van der Waals surface area contributed by atoms with Gasteiger partial charge in [0.15, 0.2) is 11.5 Å². The van der Waals surface area contributed by atoms with Crippen molar-refractivity contribution in [3.63, 3.8) is 0 Å². The molecule has 1 fully saturated rings. The molecule has 1 aliphatic carbocycles. The lowest BCUT2D eigenvalue weighted by Crippen LogP contribution is -2.24. The van der Waals surface area contributed by atoms with Crippen molar-refractivity contribution in [2.75, 3.05) is 13.2 Å². The molecule has 0 bridgehead atoms. The minimum absolute atomic E-state index is 0.336. The van der Waals surface area contributed by atoms with Gasteiger partial charge in [0.1, 0.15) is 0 Å². The molecule has 3 nitrogen and oxygen atoms in total. The second kappa shape index (κ2) is 8.28. The van der Waals surface area contributed by atoms with Gasteiger partial charge in [0, 0.05) is 12.1 Å². The quantitative estimate of drug-likeness (QED) is 0.818. The van der Waals surface area contributed by atoms with E-state index in [0.717, 1.165) is 43.3 Å². The van der Waals surface area contributed by atoms with Crippen LogP contribution in [-0.2, 0) is 6.54 Å². The van der Waals surface area contributed by atoms with Gasteiger partial charge in [0.05, 0.1) is 12.7 Å². The summed E-state index contributed by atoms with van der Waals surface area (Å²) < 4.78 is 12.1. The predicted molar refractivity (Wildman–Crippen MR) is 87.0 cm³/mol. The summed E-state index contributed by atoms with van der Waals surface area (Å²) in [5, 5.41) is 3.38. The summed E-state index contributed by atoms with van der Waals surface area (Å²) in [6, 6.07) is 6.19. The van der Waals surface area contributed by atoms with Crippen molar-refractivity contribution in [3.05, 3.63) is 23.8 Å². The number of nitrogens with one attached hydrogen (secondary N) is 1. The predicted octanol–water partition coefficient (Wildman–Crippen LogP) is 4.15. The zero-order valence-corrected chi connectivity index (χ0v) is 13.7. The van der Waals surface area contributed by atoms with Crippen LogP contribution in [0.4, 0.5) is 0 Å². The van der Waals surface area contributed by atoms with Crippen LogP contribution in [0.5, 0.6) is 11.5 Å². The molecular weight excluding hydrogens is 262 g/mol. The summed E-state index contributed by atoms with van der Waals surface area (Å²) in [5.41, 5.74) is 1.20. The summed E-state index contributed by atoms with van der Waals surface area (Å²) >= 11 is 0. The van der Waals surface area contributed by atoms with Crippen LogP contribution in [0.15, 0.2) is 18.2 Å². The smallest absolute Gasteiger partial charge is 0.166 e. The lowest BCUT2D eigenvalue weighted by molar-refractivity contribution is 0.128. The van der Waals surface area contributed by atoms with Crippen LogP contribution in [0.1, 0.15) is 52.0 Å². The summed E-state index contributed by atoms with van der Waals surface area (Å²) in [6.45, 7) is 8.93. The molecule has 2 rings (SSSR count). The molecule has 1 aliphatic rings. The molecule has 118 valence electrons. The van der Waals surface area contributed by atoms with Crippen molar-refractivity contribution in [1.82, 2.24) is 5.32 Å². The second-order valence-electron chi connectivity index (χ2n) is 5.96. The Bertz CT molecular complexity index is 425. The Balaban J connectivity index is 2.13. The molecule has 0 unspecified atom stereocenters. The highest BCUT2D eigenvalue weighted by atomic mass is 16.5. The zero-order valence-electron chi connectivity index (χ0n) is 13.7. The Kier molecular flexibility index (Phi) is 6.37. The number of rotatable bonds is 7. The van der Waals surface area contributed by atoms with Crippen LogP contribution >= 0.6 is 0 Å². The summed E-state index contributed by atoms with van der Waals surface area (Å²) in [5.74, 6) is 2.67. The highest BCUT2D eigenvalue weighted by Gasteiger charge is 2.22. The lowest BCUT2D eigenvalue weighted by Gasteiger charge is -2.28.